The SMILES string of the molecule is O=C(O)c1ccc(=O)n(CC2CCCC2)c1. The van der Waals surface area contributed by atoms with Crippen LogP contribution in [0.25, 0.3) is 0 Å². The van der Waals surface area contributed by atoms with Gasteiger partial charge in [-0.15, -0.1) is 0 Å². The molecule has 1 aromatic heterocycles. The Hall–Kier alpha value is -1.58. The molecule has 0 aromatic carbocycles. The van der Waals surface area contributed by atoms with E-state index in [0.29, 0.717) is 12.5 Å². The van der Waals surface area contributed by atoms with Crippen LogP contribution in [0, 0.1) is 5.92 Å². The highest BCUT2D eigenvalue weighted by Gasteiger charge is 2.16. The number of carboxylic acids is 1. The minimum absolute atomic E-state index is 0.114. The van der Waals surface area contributed by atoms with E-state index < -0.39 is 5.97 Å². The molecule has 1 saturated carbocycles. The Morgan fingerprint density at radius 3 is 2.69 bits per heavy atom. The van der Waals surface area contributed by atoms with Crippen LogP contribution in [0.4, 0.5) is 0 Å². The fourth-order valence-corrected chi connectivity index (χ4v) is 2.27. The van der Waals surface area contributed by atoms with Crippen LogP contribution in [0.15, 0.2) is 23.1 Å². The lowest BCUT2D eigenvalue weighted by Gasteiger charge is -2.11. The Morgan fingerprint density at radius 1 is 1.38 bits per heavy atom. The zero-order valence-electron chi connectivity index (χ0n) is 9.06. The Labute approximate surface area is 93.5 Å². The predicted molar refractivity (Wildman–Crippen MR) is 59.6 cm³/mol. The summed E-state index contributed by atoms with van der Waals surface area (Å²) in [5.74, 6) is -0.457. The van der Waals surface area contributed by atoms with Crippen LogP contribution < -0.4 is 5.56 Å². The van der Waals surface area contributed by atoms with Crippen LogP contribution in [-0.2, 0) is 6.54 Å². The van der Waals surface area contributed by atoms with Gasteiger partial charge in [0.1, 0.15) is 0 Å². The lowest BCUT2D eigenvalue weighted by molar-refractivity contribution is 0.0695. The highest BCUT2D eigenvalue weighted by Crippen LogP contribution is 2.25. The molecule has 0 bridgehead atoms. The number of nitrogens with zero attached hydrogens (tertiary/aromatic N) is 1. The first-order chi connectivity index (χ1) is 7.66. The second-order valence-electron chi connectivity index (χ2n) is 4.36. The molecule has 1 heterocycles. The zero-order valence-corrected chi connectivity index (χ0v) is 9.06. The fourth-order valence-electron chi connectivity index (χ4n) is 2.27. The van der Waals surface area contributed by atoms with Crippen molar-refractivity contribution in [2.75, 3.05) is 0 Å². The number of carboxylic acid groups (broad SMARTS) is 1. The average molecular weight is 221 g/mol. The number of aromatic nitrogens is 1. The monoisotopic (exact) mass is 221 g/mol. The first-order valence-electron chi connectivity index (χ1n) is 5.60. The second kappa shape index (κ2) is 4.51. The minimum atomic E-state index is -0.986. The molecule has 16 heavy (non-hydrogen) atoms. The molecular weight excluding hydrogens is 206 g/mol. The van der Waals surface area contributed by atoms with Crippen molar-refractivity contribution in [3.8, 4) is 0 Å². The molecule has 1 aromatic rings. The largest absolute Gasteiger partial charge is 0.478 e. The highest BCUT2D eigenvalue weighted by molar-refractivity contribution is 5.87. The molecule has 0 radical (unpaired) electrons. The van der Waals surface area contributed by atoms with Crippen molar-refractivity contribution in [2.24, 2.45) is 5.92 Å². The van der Waals surface area contributed by atoms with E-state index in [1.165, 1.54) is 35.7 Å². The van der Waals surface area contributed by atoms with Gasteiger partial charge < -0.3 is 9.67 Å². The molecular formula is C12H15NO3. The van der Waals surface area contributed by atoms with Crippen LogP contribution in [0.5, 0.6) is 0 Å². The van der Waals surface area contributed by atoms with Gasteiger partial charge in [-0.25, -0.2) is 4.79 Å². The molecule has 0 saturated heterocycles. The second-order valence-corrected chi connectivity index (χ2v) is 4.36. The van der Waals surface area contributed by atoms with E-state index in [2.05, 4.69) is 0 Å². The standard InChI is InChI=1S/C12H15NO3/c14-11-6-5-10(12(15)16)8-13(11)7-9-3-1-2-4-9/h5-6,8-9H,1-4,7H2,(H,15,16). The zero-order chi connectivity index (χ0) is 11.5. The van der Waals surface area contributed by atoms with E-state index >= 15 is 0 Å². The molecule has 2 rings (SSSR count). The number of rotatable bonds is 3. The van der Waals surface area contributed by atoms with Crippen molar-refractivity contribution in [1.29, 1.82) is 0 Å². The maximum Gasteiger partial charge on any atom is 0.337 e. The minimum Gasteiger partial charge on any atom is -0.478 e. The average Bonchev–Trinajstić information content (AvgIpc) is 2.73. The van der Waals surface area contributed by atoms with E-state index in [9.17, 15) is 9.59 Å². The van der Waals surface area contributed by atoms with Crippen LogP contribution in [0.2, 0.25) is 0 Å². The first-order valence-corrected chi connectivity index (χ1v) is 5.60. The van der Waals surface area contributed by atoms with Crippen LogP contribution in [0.3, 0.4) is 0 Å². The summed E-state index contributed by atoms with van der Waals surface area (Å²) in [6.07, 6.45) is 6.17. The molecule has 0 atom stereocenters. The highest BCUT2D eigenvalue weighted by atomic mass is 16.4. The Bertz CT molecular complexity index is 444. The molecule has 0 amide bonds. The van der Waals surface area contributed by atoms with Crippen LogP contribution in [0.1, 0.15) is 36.0 Å². The molecule has 0 unspecified atom stereocenters. The topological polar surface area (TPSA) is 59.3 Å². The molecule has 1 N–H and O–H groups in total. The van der Waals surface area contributed by atoms with Crippen LogP contribution in [-0.4, -0.2) is 15.6 Å². The van der Waals surface area contributed by atoms with Gasteiger partial charge in [-0.2, -0.15) is 0 Å². The molecule has 0 aliphatic heterocycles. The molecule has 0 spiro atoms. The lowest BCUT2D eigenvalue weighted by atomic mass is 10.1. The summed E-state index contributed by atoms with van der Waals surface area (Å²) in [7, 11) is 0. The van der Waals surface area contributed by atoms with E-state index in [-0.39, 0.29) is 11.1 Å². The number of aromatic carboxylic acids is 1. The van der Waals surface area contributed by atoms with E-state index in [4.69, 9.17) is 5.11 Å². The third kappa shape index (κ3) is 2.32. The fraction of sp³-hybridized carbons (Fsp3) is 0.500. The molecule has 4 heteroatoms. The summed E-state index contributed by atoms with van der Waals surface area (Å²) < 4.78 is 1.53. The maximum absolute atomic E-state index is 11.6. The number of carbonyl (C=O) groups is 1. The van der Waals surface area contributed by atoms with Crippen molar-refractivity contribution in [3.05, 3.63) is 34.2 Å². The summed E-state index contributed by atoms with van der Waals surface area (Å²) in [6.45, 7) is 0.653. The molecule has 86 valence electrons. The van der Waals surface area contributed by atoms with Crippen molar-refractivity contribution in [2.45, 2.75) is 32.2 Å². The van der Waals surface area contributed by atoms with Gasteiger partial charge in [-0.05, 0) is 24.8 Å². The van der Waals surface area contributed by atoms with Crippen molar-refractivity contribution in [1.82, 2.24) is 4.57 Å². The van der Waals surface area contributed by atoms with E-state index in [1.807, 2.05) is 0 Å². The van der Waals surface area contributed by atoms with Crippen LogP contribution >= 0.6 is 0 Å². The number of hydrogen-bond acceptors (Lipinski definition) is 2. The predicted octanol–water partition coefficient (Wildman–Crippen LogP) is 1.74. The van der Waals surface area contributed by atoms with Crippen molar-refractivity contribution in [3.63, 3.8) is 0 Å². The maximum atomic E-state index is 11.6. The van der Waals surface area contributed by atoms with Gasteiger partial charge in [0, 0.05) is 18.8 Å². The lowest BCUT2D eigenvalue weighted by Crippen LogP contribution is -2.23. The van der Waals surface area contributed by atoms with Crippen molar-refractivity contribution < 1.29 is 9.90 Å². The van der Waals surface area contributed by atoms with Gasteiger partial charge in [0.25, 0.3) is 5.56 Å². The van der Waals surface area contributed by atoms with Crippen molar-refractivity contribution >= 4 is 5.97 Å². The third-order valence-corrected chi connectivity index (χ3v) is 3.16. The third-order valence-electron chi connectivity index (χ3n) is 3.16. The van der Waals surface area contributed by atoms with Gasteiger partial charge in [0.05, 0.1) is 5.56 Å². The van der Waals surface area contributed by atoms with Gasteiger partial charge in [-0.3, -0.25) is 4.79 Å². The molecule has 1 aliphatic rings. The molecule has 1 fully saturated rings. The molecule has 4 nitrogen and oxygen atoms in total. The summed E-state index contributed by atoms with van der Waals surface area (Å²) in [5.41, 5.74) is 0.0643. The van der Waals surface area contributed by atoms with Gasteiger partial charge in [0.15, 0.2) is 0 Å². The number of pyridine rings is 1. The summed E-state index contributed by atoms with van der Waals surface area (Å²) in [6, 6.07) is 2.69. The Kier molecular flexibility index (Phi) is 3.08. The quantitative estimate of drug-likeness (QED) is 0.845. The first kappa shape index (κ1) is 10.9. The normalized spacial score (nSPS) is 16.5. The van der Waals surface area contributed by atoms with E-state index in [1.54, 1.807) is 0 Å². The van der Waals surface area contributed by atoms with Gasteiger partial charge >= 0.3 is 5.97 Å². The van der Waals surface area contributed by atoms with Gasteiger partial charge in [0.2, 0.25) is 0 Å². The molecule has 1 aliphatic carbocycles. The summed E-state index contributed by atoms with van der Waals surface area (Å²) in [4.78, 5) is 22.3. The van der Waals surface area contributed by atoms with E-state index in [0.717, 1.165) is 12.8 Å². The van der Waals surface area contributed by atoms with Gasteiger partial charge in [-0.1, -0.05) is 12.8 Å². The smallest absolute Gasteiger partial charge is 0.337 e. The summed E-state index contributed by atoms with van der Waals surface area (Å²) in [5, 5.41) is 8.85. The summed E-state index contributed by atoms with van der Waals surface area (Å²) >= 11 is 0. The number of hydrogen-bond donors (Lipinski definition) is 1. The Morgan fingerprint density at radius 2 is 2.06 bits per heavy atom. The Balaban J connectivity index is 2.21.